The van der Waals surface area contributed by atoms with Gasteiger partial charge in [-0.3, -0.25) is 0 Å². The zero-order valence-electron chi connectivity index (χ0n) is 9.97. The normalized spacial score (nSPS) is 23.3. The van der Waals surface area contributed by atoms with Gasteiger partial charge < -0.3 is 14.6 Å². The molecule has 1 saturated heterocycles. The van der Waals surface area contributed by atoms with E-state index < -0.39 is 5.97 Å². The predicted octanol–water partition coefficient (Wildman–Crippen LogP) is 3.08. The first-order valence-electron chi connectivity index (χ1n) is 5.36. The van der Waals surface area contributed by atoms with Crippen molar-refractivity contribution in [2.45, 2.75) is 18.6 Å². The van der Waals surface area contributed by atoms with Crippen molar-refractivity contribution in [2.75, 3.05) is 12.9 Å². The first-order valence-corrected chi connectivity index (χ1v) is 6.79. The minimum atomic E-state index is -0.961. The van der Waals surface area contributed by atoms with Crippen LogP contribution in [0.2, 0.25) is 5.02 Å². The molecule has 1 aromatic rings. The van der Waals surface area contributed by atoms with E-state index in [9.17, 15) is 4.79 Å². The van der Waals surface area contributed by atoms with Crippen molar-refractivity contribution in [3.63, 3.8) is 0 Å². The molecule has 18 heavy (non-hydrogen) atoms. The number of carboxylic acids is 1. The Morgan fingerprint density at radius 3 is 2.89 bits per heavy atom. The van der Waals surface area contributed by atoms with Crippen LogP contribution in [-0.2, 0) is 9.47 Å². The Morgan fingerprint density at radius 1 is 1.61 bits per heavy atom. The maximum atomic E-state index is 11.1. The summed E-state index contributed by atoms with van der Waals surface area (Å²) in [5.41, 5.74) is 1.34. The predicted molar refractivity (Wildman–Crippen MR) is 70.2 cm³/mol. The molecule has 1 aliphatic rings. The van der Waals surface area contributed by atoms with Crippen molar-refractivity contribution in [2.24, 2.45) is 0 Å². The van der Waals surface area contributed by atoms with Crippen molar-refractivity contribution in [3.05, 3.63) is 33.8 Å². The smallest absolute Gasteiger partial charge is 0.335 e. The van der Waals surface area contributed by atoms with Crippen LogP contribution in [-0.4, -0.2) is 30.2 Å². The van der Waals surface area contributed by atoms with E-state index in [1.807, 2.05) is 0 Å². The summed E-state index contributed by atoms with van der Waals surface area (Å²) in [4.78, 5) is 11.1. The number of hydrogen-bond acceptors (Lipinski definition) is 4. The number of carbonyl (C=O) groups is 1. The van der Waals surface area contributed by atoms with Crippen molar-refractivity contribution in [1.29, 1.82) is 0 Å². The maximum Gasteiger partial charge on any atom is 0.335 e. The molecule has 98 valence electrons. The molecule has 0 radical (unpaired) electrons. The quantitative estimate of drug-likeness (QED) is 0.926. The number of benzene rings is 1. The van der Waals surface area contributed by atoms with Crippen LogP contribution in [0.5, 0.6) is 0 Å². The van der Waals surface area contributed by atoms with Crippen molar-refractivity contribution in [3.8, 4) is 0 Å². The van der Waals surface area contributed by atoms with Crippen molar-refractivity contribution < 1.29 is 19.4 Å². The number of aromatic carboxylic acids is 1. The average molecular weight is 289 g/mol. The Bertz CT molecular complexity index is 477. The van der Waals surface area contributed by atoms with Crippen molar-refractivity contribution in [1.82, 2.24) is 0 Å². The lowest BCUT2D eigenvalue weighted by atomic mass is 10.0. The van der Waals surface area contributed by atoms with Gasteiger partial charge in [-0.2, -0.15) is 0 Å². The zero-order chi connectivity index (χ0) is 13.3. The van der Waals surface area contributed by atoms with Crippen LogP contribution in [0.3, 0.4) is 0 Å². The Labute approximate surface area is 114 Å². The summed E-state index contributed by atoms with van der Waals surface area (Å²) in [6.07, 6.45) is -0.274. The first-order chi connectivity index (χ1) is 8.54. The lowest BCUT2D eigenvalue weighted by Crippen LogP contribution is -2.12. The molecule has 1 aliphatic heterocycles. The molecule has 0 amide bonds. The van der Waals surface area contributed by atoms with E-state index in [0.29, 0.717) is 16.3 Å². The van der Waals surface area contributed by atoms with E-state index in [-0.39, 0.29) is 17.3 Å². The van der Waals surface area contributed by atoms with Gasteiger partial charge in [-0.1, -0.05) is 11.6 Å². The third-order valence-electron chi connectivity index (χ3n) is 2.85. The highest BCUT2D eigenvalue weighted by Gasteiger charge is 2.30. The van der Waals surface area contributed by atoms with Gasteiger partial charge in [0.1, 0.15) is 5.44 Å². The molecule has 0 spiro atoms. The van der Waals surface area contributed by atoms with Crippen LogP contribution >= 0.6 is 23.4 Å². The van der Waals surface area contributed by atoms with Crippen LogP contribution < -0.4 is 0 Å². The fraction of sp³-hybridized carbons (Fsp3) is 0.417. The summed E-state index contributed by atoms with van der Waals surface area (Å²) in [6, 6.07) is 3.11. The molecular weight excluding hydrogens is 276 g/mol. The van der Waals surface area contributed by atoms with E-state index in [4.69, 9.17) is 26.2 Å². The van der Waals surface area contributed by atoms with E-state index in [1.54, 1.807) is 31.9 Å². The Balaban J connectivity index is 2.38. The standard InChI is InChI=1S/C12H13ClO4S/c1-6-7(11(14)15)3-4-8(13)10(6)12-17-9(16-2)5-18-12/h3-4,9,12H,5H2,1-2H3,(H,14,15)/t9?,12-/m1/s1. The minimum absolute atomic E-state index is 0.250. The number of halogens is 1. The molecule has 0 saturated carbocycles. The third-order valence-corrected chi connectivity index (χ3v) is 4.29. The van der Waals surface area contributed by atoms with Crippen LogP contribution in [0, 0.1) is 6.92 Å². The van der Waals surface area contributed by atoms with Crippen LogP contribution in [0.4, 0.5) is 0 Å². The topological polar surface area (TPSA) is 55.8 Å². The van der Waals surface area contributed by atoms with Gasteiger partial charge in [-0.25, -0.2) is 4.79 Å². The number of methoxy groups -OCH3 is 1. The summed E-state index contributed by atoms with van der Waals surface area (Å²) >= 11 is 7.70. The SMILES string of the molecule is COC1CS[C@H](c2c(Cl)ccc(C(=O)O)c2C)O1. The average Bonchev–Trinajstić information content (AvgIpc) is 2.77. The second-order valence-corrected chi connectivity index (χ2v) is 5.41. The van der Waals surface area contributed by atoms with Crippen molar-refractivity contribution >= 4 is 29.3 Å². The third kappa shape index (κ3) is 2.49. The fourth-order valence-corrected chi connectivity index (χ4v) is 3.46. The van der Waals surface area contributed by atoms with E-state index in [1.165, 1.54) is 6.07 Å². The highest BCUT2D eigenvalue weighted by Crippen LogP contribution is 2.43. The first kappa shape index (κ1) is 13.7. The molecule has 0 bridgehead atoms. The summed E-state index contributed by atoms with van der Waals surface area (Å²) < 4.78 is 10.8. The number of ether oxygens (including phenoxy) is 2. The Kier molecular flexibility index (Phi) is 4.17. The molecule has 1 aromatic carbocycles. The summed E-state index contributed by atoms with van der Waals surface area (Å²) in [5, 5.41) is 9.63. The molecule has 1 N–H and O–H groups in total. The maximum absolute atomic E-state index is 11.1. The molecular formula is C12H13ClO4S. The Morgan fingerprint density at radius 2 is 2.33 bits per heavy atom. The van der Waals surface area contributed by atoms with Gasteiger partial charge in [0, 0.05) is 23.4 Å². The largest absolute Gasteiger partial charge is 0.478 e. The van der Waals surface area contributed by atoms with E-state index >= 15 is 0 Å². The molecule has 0 aliphatic carbocycles. The van der Waals surface area contributed by atoms with Gasteiger partial charge in [0.2, 0.25) is 0 Å². The lowest BCUT2D eigenvalue weighted by Gasteiger charge is -2.17. The molecule has 1 fully saturated rings. The summed E-state index contributed by atoms with van der Waals surface area (Å²) in [7, 11) is 1.58. The summed E-state index contributed by atoms with van der Waals surface area (Å²) in [5.74, 6) is -0.259. The lowest BCUT2D eigenvalue weighted by molar-refractivity contribution is -0.106. The Hall–Kier alpha value is -0.750. The molecule has 4 nitrogen and oxygen atoms in total. The molecule has 1 heterocycles. The molecule has 6 heteroatoms. The van der Waals surface area contributed by atoms with E-state index in [0.717, 1.165) is 5.56 Å². The van der Waals surface area contributed by atoms with E-state index in [2.05, 4.69) is 0 Å². The second-order valence-electron chi connectivity index (χ2n) is 3.91. The molecule has 0 aromatic heterocycles. The zero-order valence-corrected chi connectivity index (χ0v) is 11.5. The van der Waals surface area contributed by atoms with Crippen LogP contribution in [0.1, 0.15) is 26.9 Å². The van der Waals surface area contributed by atoms with Crippen LogP contribution in [0.15, 0.2) is 12.1 Å². The molecule has 2 rings (SSSR count). The highest BCUT2D eigenvalue weighted by atomic mass is 35.5. The highest BCUT2D eigenvalue weighted by molar-refractivity contribution is 7.99. The van der Waals surface area contributed by atoms with Crippen LogP contribution in [0.25, 0.3) is 0 Å². The van der Waals surface area contributed by atoms with Gasteiger partial charge in [-0.15, -0.1) is 11.8 Å². The number of rotatable bonds is 3. The fourth-order valence-electron chi connectivity index (χ4n) is 1.87. The number of hydrogen-bond donors (Lipinski definition) is 1. The van der Waals surface area contributed by atoms with Gasteiger partial charge in [-0.05, 0) is 24.6 Å². The van der Waals surface area contributed by atoms with Gasteiger partial charge >= 0.3 is 5.97 Å². The summed E-state index contributed by atoms with van der Waals surface area (Å²) in [6.45, 7) is 1.74. The second kappa shape index (κ2) is 5.48. The van der Waals surface area contributed by atoms with Gasteiger partial charge in [0.05, 0.1) is 5.56 Å². The van der Waals surface area contributed by atoms with Gasteiger partial charge in [0.15, 0.2) is 6.29 Å². The monoisotopic (exact) mass is 288 g/mol. The minimum Gasteiger partial charge on any atom is -0.478 e. The number of carboxylic acid groups (broad SMARTS) is 1. The number of thioether (sulfide) groups is 1. The molecule has 1 unspecified atom stereocenters. The molecule has 2 atom stereocenters. The van der Waals surface area contributed by atoms with Gasteiger partial charge in [0.25, 0.3) is 0 Å².